The number of hydrogen-bond donors (Lipinski definition) is 0. The first-order valence-corrected chi connectivity index (χ1v) is 7.54. The Morgan fingerprint density at radius 3 is 2.35 bits per heavy atom. The molecule has 0 aliphatic carbocycles. The summed E-state index contributed by atoms with van der Waals surface area (Å²) in [6.07, 6.45) is -0.529. The van der Waals surface area contributed by atoms with E-state index in [0.717, 1.165) is 0 Å². The smallest absolute Gasteiger partial charge is 0.334 e. The summed E-state index contributed by atoms with van der Waals surface area (Å²) in [6, 6.07) is -0.832. The van der Waals surface area contributed by atoms with Gasteiger partial charge < -0.3 is 14.2 Å². The van der Waals surface area contributed by atoms with Gasteiger partial charge in [-0.3, -0.25) is 0 Å². The lowest BCUT2D eigenvalue weighted by atomic mass is 9.93. The summed E-state index contributed by atoms with van der Waals surface area (Å²) in [6.45, 7) is 7.77. The predicted molar refractivity (Wildman–Crippen MR) is 82.3 cm³/mol. The molecule has 2 aliphatic heterocycles. The zero-order valence-electron chi connectivity index (χ0n) is 14.4. The van der Waals surface area contributed by atoms with Crippen LogP contribution in [-0.2, 0) is 28.8 Å². The maximum Gasteiger partial charge on any atom is 0.334 e. The lowest BCUT2D eigenvalue weighted by molar-refractivity contribution is -0.276. The summed E-state index contributed by atoms with van der Waals surface area (Å²) in [5, 5.41) is 0. The number of methoxy groups -OCH3 is 1. The highest BCUT2D eigenvalue weighted by Crippen LogP contribution is 2.32. The van der Waals surface area contributed by atoms with Crippen LogP contribution >= 0.6 is 0 Å². The van der Waals surface area contributed by atoms with Gasteiger partial charge in [0.2, 0.25) is 0 Å². The molecule has 0 unspecified atom stereocenters. The molecule has 0 radical (unpaired) electrons. The second-order valence-corrected chi connectivity index (χ2v) is 6.13. The fraction of sp³-hybridized carbons (Fsp3) is 0.800. The lowest BCUT2D eigenvalue weighted by Crippen LogP contribution is -2.35. The first-order chi connectivity index (χ1) is 10.8. The summed E-state index contributed by atoms with van der Waals surface area (Å²) in [4.78, 5) is 30.2. The summed E-state index contributed by atoms with van der Waals surface area (Å²) in [5.41, 5.74) is -0.687. The van der Waals surface area contributed by atoms with Crippen LogP contribution in [-0.4, -0.2) is 62.9 Å². The third-order valence-electron chi connectivity index (χ3n) is 3.99. The Morgan fingerprint density at radius 1 is 1.13 bits per heavy atom. The van der Waals surface area contributed by atoms with E-state index in [1.807, 2.05) is 20.8 Å². The second kappa shape index (κ2) is 6.84. The molecule has 0 amide bonds. The number of carbonyl (C=O) groups excluding carboxylic acids is 1. The topological polar surface area (TPSA) is 87.9 Å². The molecule has 8 nitrogen and oxygen atoms in total. The molecule has 0 bridgehead atoms. The highest BCUT2D eigenvalue weighted by Gasteiger charge is 2.46. The number of nitrogens with zero attached hydrogens (tertiary/aromatic N) is 2. The molecule has 4 atom stereocenters. The highest BCUT2D eigenvalue weighted by atomic mass is 17.2. The van der Waals surface area contributed by atoms with Crippen molar-refractivity contribution < 1.29 is 28.8 Å². The fourth-order valence-corrected chi connectivity index (χ4v) is 2.43. The molecule has 2 aliphatic rings. The van der Waals surface area contributed by atoms with Gasteiger partial charge in [0.15, 0.2) is 17.8 Å². The molecule has 0 N–H and O–H groups in total. The first kappa shape index (κ1) is 17.7. The summed E-state index contributed by atoms with van der Waals surface area (Å²) < 4.78 is 16.4. The Labute approximate surface area is 135 Å². The molecule has 0 aromatic rings. The van der Waals surface area contributed by atoms with Gasteiger partial charge in [-0.25, -0.2) is 24.6 Å². The standard InChI is InChI=1S/C15H24N2O6/c1-8-10(7-21-20-6)16-13(22-8)15(3,4)14-17-11(9(2)23-14)12(18)19-5/h8-11H,7H2,1-6H3/t8-,9-,10-,11+/m1/s1. The van der Waals surface area contributed by atoms with Gasteiger partial charge >= 0.3 is 5.97 Å². The van der Waals surface area contributed by atoms with Crippen LogP contribution in [0.5, 0.6) is 0 Å². The van der Waals surface area contributed by atoms with Gasteiger partial charge in [-0.2, -0.15) is 0 Å². The van der Waals surface area contributed by atoms with E-state index in [9.17, 15) is 4.79 Å². The normalized spacial score (nSPS) is 30.3. The van der Waals surface area contributed by atoms with E-state index < -0.39 is 17.4 Å². The van der Waals surface area contributed by atoms with E-state index in [-0.39, 0.29) is 18.2 Å². The first-order valence-electron chi connectivity index (χ1n) is 7.54. The maximum absolute atomic E-state index is 11.7. The average Bonchev–Trinajstić information content (AvgIpc) is 3.08. The third kappa shape index (κ3) is 3.48. The molecule has 0 spiro atoms. The van der Waals surface area contributed by atoms with Crippen LogP contribution in [0.3, 0.4) is 0 Å². The number of carbonyl (C=O) groups is 1. The van der Waals surface area contributed by atoms with Crippen LogP contribution in [0.4, 0.5) is 0 Å². The average molecular weight is 328 g/mol. The minimum Gasteiger partial charge on any atom is -0.475 e. The predicted octanol–water partition coefficient (Wildman–Crippen LogP) is 1.14. The minimum atomic E-state index is -0.687. The van der Waals surface area contributed by atoms with Crippen molar-refractivity contribution in [3.05, 3.63) is 0 Å². The van der Waals surface area contributed by atoms with Crippen molar-refractivity contribution >= 4 is 17.8 Å². The fourth-order valence-electron chi connectivity index (χ4n) is 2.43. The van der Waals surface area contributed by atoms with Crippen LogP contribution in [0, 0.1) is 5.41 Å². The maximum atomic E-state index is 11.7. The minimum absolute atomic E-state index is 0.143. The number of hydrogen-bond acceptors (Lipinski definition) is 8. The van der Waals surface area contributed by atoms with Gasteiger partial charge in [-0.15, -0.1) is 0 Å². The van der Waals surface area contributed by atoms with E-state index in [2.05, 4.69) is 14.9 Å². The quantitative estimate of drug-likeness (QED) is 0.413. The molecule has 0 saturated carbocycles. The Morgan fingerprint density at radius 2 is 1.74 bits per heavy atom. The summed E-state index contributed by atoms with van der Waals surface area (Å²) in [7, 11) is 2.78. The number of ether oxygens (including phenoxy) is 3. The van der Waals surface area contributed by atoms with Crippen LogP contribution in [0.1, 0.15) is 27.7 Å². The van der Waals surface area contributed by atoms with Crippen LogP contribution in [0.25, 0.3) is 0 Å². The molecule has 0 aromatic carbocycles. The van der Waals surface area contributed by atoms with Gasteiger partial charge in [0.05, 0.1) is 14.2 Å². The SMILES string of the molecule is COOC[C@H]1N=C(C(C)(C)C2=N[C@H](C(=O)OC)[C@@H](C)O2)O[C@@H]1C. The number of rotatable bonds is 6. The molecule has 2 heterocycles. The molecule has 130 valence electrons. The van der Waals surface area contributed by atoms with E-state index in [1.165, 1.54) is 14.2 Å². The Hall–Kier alpha value is -1.67. The second-order valence-electron chi connectivity index (χ2n) is 6.13. The largest absolute Gasteiger partial charge is 0.475 e. The van der Waals surface area contributed by atoms with Gasteiger partial charge in [0.25, 0.3) is 0 Å². The van der Waals surface area contributed by atoms with Crippen molar-refractivity contribution in [3.8, 4) is 0 Å². The Kier molecular flexibility index (Phi) is 5.26. The monoisotopic (exact) mass is 328 g/mol. The molecule has 2 rings (SSSR count). The van der Waals surface area contributed by atoms with Gasteiger partial charge in [0.1, 0.15) is 30.3 Å². The molecule has 0 saturated heterocycles. The van der Waals surface area contributed by atoms with Gasteiger partial charge in [-0.1, -0.05) is 0 Å². The van der Waals surface area contributed by atoms with Crippen LogP contribution in [0.15, 0.2) is 9.98 Å². The zero-order chi connectivity index (χ0) is 17.2. The van der Waals surface area contributed by atoms with E-state index >= 15 is 0 Å². The van der Waals surface area contributed by atoms with Crippen molar-refractivity contribution in [1.82, 2.24) is 0 Å². The van der Waals surface area contributed by atoms with Crippen molar-refractivity contribution in [2.24, 2.45) is 15.4 Å². The summed E-state index contributed by atoms with van der Waals surface area (Å²) >= 11 is 0. The zero-order valence-corrected chi connectivity index (χ0v) is 14.4. The van der Waals surface area contributed by atoms with Gasteiger partial charge in [0, 0.05) is 0 Å². The lowest BCUT2D eigenvalue weighted by Gasteiger charge is -2.24. The Bertz CT molecular complexity index is 516. The van der Waals surface area contributed by atoms with Crippen LogP contribution in [0.2, 0.25) is 0 Å². The molecule has 8 heteroatoms. The molecule has 23 heavy (non-hydrogen) atoms. The molecule has 0 aromatic heterocycles. The molecular formula is C15H24N2O6. The van der Waals surface area contributed by atoms with Gasteiger partial charge in [-0.05, 0) is 27.7 Å². The molecular weight excluding hydrogens is 304 g/mol. The van der Waals surface area contributed by atoms with Crippen molar-refractivity contribution in [1.29, 1.82) is 0 Å². The van der Waals surface area contributed by atoms with Crippen molar-refractivity contribution in [2.75, 3.05) is 20.8 Å². The number of esters is 1. The highest BCUT2D eigenvalue weighted by molar-refractivity contribution is 6.06. The van der Waals surface area contributed by atoms with Crippen LogP contribution < -0.4 is 0 Å². The van der Waals surface area contributed by atoms with Crippen molar-refractivity contribution in [2.45, 2.75) is 52.0 Å². The summed E-state index contributed by atoms with van der Waals surface area (Å²) in [5.74, 6) is 0.503. The Balaban J connectivity index is 2.17. The van der Waals surface area contributed by atoms with E-state index in [0.29, 0.717) is 18.4 Å². The third-order valence-corrected chi connectivity index (χ3v) is 3.99. The van der Waals surface area contributed by atoms with E-state index in [1.54, 1.807) is 6.92 Å². The van der Waals surface area contributed by atoms with Crippen molar-refractivity contribution in [3.63, 3.8) is 0 Å². The molecule has 0 fully saturated rings. The number of aliphatic imine (C=N–C) groups is 2. The van der Waals surface area contributed by atoms with E-state index in [4.69, 9.17) is 19.1 Å².